The number of hydrogen-bond donors (Lipinski definition) is 2. The Morgan fingerprint density at radius 1 is 1.19 bits per heavy atom. The zero-order valence-electron chi connectivity index (χ0n) is 15.4. The number of para-hydroxylation sites is 1. The Hall–Kier alpha value is -1.66. The molecule has 3 rings (SSSR count). The van der Waals surface area contributed by atoms with Crippen molar-refractivity contribution in [3.63, 3.8) is 0 Å². The Bertz CT molecular complexity index is 670. The van der Waals surface area contributed by atoms with E-state index in [1.54, 1.807) is 6.07 Å². The quantitative estimate of drug-likeness (QED) is 0.604. The van der Waals surface area contributed by atoms with E-state index in [1.165, 1.54) is 6.92 Å². The van der Waals surface area contributed by atoms with E-state index in [1.807, 2.05) is 12.1 Å². The van der Waals surface area contributed by atoms with Crippen molar-refractivity contribution in [2.75, 3.05) is 6.54 Å². The molecule has 0 bridgehead atoms. The molecule has 5 nitrogen and oxygen atoms in total. The Balaban J connectivity index is 1.58. The van der Waals surface area contributed by atoms with Crippen LogP contribution in [0.5, 0.6) is 5.75 Å². The fourth-order valence-electron chi connectivity index (χ4n) is 4.30. The highest BCUT2D eigenvalue weighted by molar-refractivity contribution is 6.47. The van der Waals surface area contributed by atoms with Gasteiger partial charge in [-0.25, -0.2) is 0 Å². The molecule has 140 valence electrons. The standard InChI is InChI=1S/C20H28BNO4/c1-13(23)19-4-2-3-16-10-17(21(25)26-20(16)19)11-18(24)9-14-5-7-15(12-22)8-6-14/h2-4,14-15,17,25H,5-12,22H2,1H3/t14?,15?,17-/m1/s1. The van der Waals surface area contributed by atoms with Crippen molar-refractivity contribution in [3.8, 4) is 5.75 Å². The number of fused-ring (bicyclic) bond motifs is 1. The number of Topliss-reactive ketones (excluding diaryl/α,β-unsaturated/α-hetero) is 2. The van der Waals surface area contributed by atoms with Crippen LogP contribution in [0.25, 0.3) is 0 Å². The van der Waals surface area contributed by atoms with Crippen LogP contribution in [0.1, 0.15) is 61.4 Å². The Morgan fingerprint density at radius 3 is 2.54 bits per heavy atom. The second-order valence-corrected chi connectivity index (χ2v) is 7.89. The van der Waals surface area contributed by atoms with Crippen LogP contribution in [-0.4, -0.2) is 30.3 Å². The second kappa shape index (κ2) is 8.36. The molecule has 0 radical (unpaired) electrons. The number of benzene rings is 1. The molecule has 1 aliphatic carbocycles. The molecular formula is C20H28BNO4. The summed E-state index contributed by atoms with van der Waals surface area (Å²) in [6.07, 6.45) is 5.84. The maximum absolute atomic E-state index is 12.5. The molecule has 1 aromatic rings. The van der Waals surface area contributed by atoms with Gasteiger partial charge in [-0.05, 0) is 69.0 Å². The van der Waals surface area contributed by atoms with E-state index in [0.717, 1.165) is 37.8 Å². The van der Waals surface area contributed by atoms with Crippen molar-refractivity contribution in [3.05, 3.63) is 29.3 Å². The first kappa shape index (κ1) is 19.1. The highest BCUT2D eigenvalue weighted by Gasteiger charge is 2.37. The zero-order chi connectivity index (χ0) is 18.7. The van der Waals surface area contributed by atoms with Gasteiger partial charge in [-0.2, -0.15) is 0 Å². The van der Waals surface area contributed by atoms with Crippen LogP contribution in [0.4, 0.5) is 0 Å². The van der Waals surface area contributed by atoms with Crippen molar-refractivity contribution in [2.24, 2.45) is 17.6 Å². The lowest BCUT2D eigenvalue weighted by Gasteiger charge is -2.30. The van der Waals surface area contributed by atoms with Gasteiger partial charge in [-0.1, -0.05) is 12.1 Å². The largest absolute Gasteiger partial charge is 0.535 e. The highest BCUT2D eigenvalue weighted by Crippen LogP contribution is 2.37. The van der Waals surface area contributed by atoms with Crippen LogP contribution in [0.2, 0.25) is 5.82 Å². The summed E-state index contributed by atoms with van der Waals surface area (Å²) in [5, 5.41) is 10.3. The second-order valence-electron chi connectivity index (χ2n) is 7.89. The molecule has 1 fully saturated rings. The molecule has 1 heterocycles. The first-order valence-electron chi connectivity index (χ1n) is 9.67. The van der Waals surface area contributed by atoms with Gasteiger partial charge >= 0.3 is 7.12 Å². The number of carbonyl (C=O) groups excluding carboxylic acids is 2. The van der Waals surface area contributed by atoms with E-state index >= 15 is 0 Å². The van der Waals surface area contributed by atoms with Crippen molar-refractivity contribution in [2.45, 2.75) is 57.7 Å². The molecule has 0 unspecified atom stereocenters. The first-order valence-corrected chi connectivity index (χ1v) is 9.67. The van der Waals surface area contributed by atoms with Gasteiger partial charge in [0.2, 0.25) is 0 Å². The molecule has 0 amide bonds. The zero-order valence-corrected chi connectivity index (χ0v) is 15.4. The molecular weight excluding hydrogens is 329 g/mol. The van der Waals surface area contributed by atoms with Gasteiger partial charge in [0.15, 0.2) is 5.78 Å². The Kier molecular flexibility index (Phi) is 6.14. The van der Waals surface area contributed by atoms with Crippen LogP contribution < -0.4 is 10.4 Å². The summed E-state index contributed by atoms with van der Waals surface area (Å²) >= 11 is 0. The molecule has 0 aromatic heterocycles. The molecule has 0 saturated heterocycles. The summed E-state index contributed by atoms with van der Waals surface area (Å²) in [6, 6.07) is 5.43. The minimum atomic E-state index is -1.04. The first-order chi connectivity index (χ1) is 12.5. The van der Waals surface area contributed by atoms with E-state index < -0.39 is 7.12 Å². The van der Waals surface area contributed by atoms with E-state index in [-0.39, 0.29) is 17.4 Å². The van der Waals surface area contributed by atoms with Crippen molar-refractivity contribution >= 4 is 18.7 Å². The van der Waals surface area contributed by atoms with Gasteiger partial charge in [0.05, 0.1) is 5.56 Å². The van der Waals surface area contributed by atoms with E-state index in [0.29, 0.717) is 42.4 Å². The maximum Gasteiger partial charge on any atom is 0.526 e. The summed E-state index contributed by atoms with van der Waals surface area (Å²) in [6.45, 7) is 2.23. The van der Waals surface area contributed by atoms with Gasteiger partial charge in [0.25, 0.3) is 0 Å². The predicted molar refractivity (Wildman–Crippen MR) is 101 cm³/mol. The summed E-state index contributed by atoms with van der Waals surface area (Å²) < 4.78 is 5.62. The van der Waals surface area contributed by atoms with Crippen LogP contribution in [0.15, 0.2) is 18.2 Å². The number of ketones is 2. The van der Waals surface area contributed by atoms with E-state index in [4.69, 9.17) is 10.4 Å². The molecule has 0 spiro atoms. The third-order valence-corrected chi connectivity index (χ3v) is 5.91. The van der Waals surface area contributed by atoms with Crippen molar-refractivity contribution < 1.29 is 19.3 Å². The Morgan fingerprint density at radius 2 is 1.88 bits per heavy atom. The summed E-state index contributed by atoms with van der Waals surface area (Å²) in [7, 11) is -1.04. The molecule has 1 atom stereocenters. The Labute approximate surface area is 155 Å². The molecule has 1 saturated carbocycles. The number of carbonyl (C=O) groups is 2. The number of rotatable bonds is 6. The SMILES string of the molecule is CC(=O)c1cccc2c1OB(O)[C@@H](CC(=O)CC1CCC(CN)CC1)C2. The molecule has 1 aliphatic heterocycles. The summed E-state index contributed by atoms with van der Waals surface area (Å²) in [5.41, 5.74) is 7.11. The minimum absolute atomic E-state index is 0.0864. The van der Waals surface area contributed by atoms with Crippen molar-refractivity contribution in [1.82, 2.24) is 0 Å². The minimum Gasteiger partial charge on any atom is -0.535 e. The fourth-order valence-corrected chi connectivity index (χ4v) is 4.30. The monoisotopic (exact) mass is 357 g/mol. The normalized spacial score (nSPS) is 25.3. The lowest BCUT2D eigenvalue weighted by molar-refractivity contribution is -0.120. The lowest BCUT2D eigenvalue weighted by Crippen LogP contribution is -2.36. The third-order valence-electron chi connectivity index (χ3n) is 5.91. The lowest BCUT2D eigenvalue weighted by atomic mass is 9.64. The number of nitrogens with two attached hydrogens (primary N) is 1. The highest BCUT2D eigenvalue weighted by atomic mass is 16.5. The van der Waals surface area contributed by atoms with Gasteiger partial charge in [-0.3, -0.25) is 9.59 Å². The average molecular weight is 357 g/mol. The smallest absolute Gasteiger partial charge is 0.526 e. The van der Waals surface area contributed by atoms with Gasteiger partial charge < -0.3 is 15.4 Å². The van der Waals surface area contributed by atoms with Crippen LogP contribution in [0.3, 0.4) is 0 Å². The number of hydrogen-bond acceptors (Lipinski definition) is 5. The molecule has 2 aliphatic rings. The molecule has 6 heteroatoms. The van der Waals surface area contributed by atoms with Crippen LogP contribution >= 0.6 is 0 Å². The maximum atomic E-state index is 12.5. The van der Waals surface area contributed by atoms with E-state index in [9.17, 15) is 14.6 Å². The van der Waals surface area contributed by atoms with Gasteiger partial charge in [-0.15, -0.1) is 0 Å². The van der Waals surface area contributed by atoms with Gasteiger partial charge in [0.1, 0.15) is 11.5 Å². The van der Waals surface area contributed by atoms with E-state index in [2.05, 4.69) is 0 Å². The van der Waals surface area contributed by atoms with Crippen molar-refractivity contribution in [1.29, 1.82) is 0 Å². The molecule has 1 aromatic carbocycles. The molecule has 26 heavy (non-hydrogen) atoms. The van der Waals surface area contributed by atoms with Gasteiger partial charge in [0, 0.05) is 18.7 Å². The third kappa shape index (κ3) is 4.36. The van der Waals surface area contributed by atoms with Crippen LogP contribution in [-0.2, 0) is 11.2 Å². The topological polar surface area (TPSA) is 89.6 Å². The summed E-state index contributed by atoms with van der Waals surface area (Å²) in [4.78, 5) is 24.2. The van der Waals surface area contributed by atoms with Crippen LogP contribution in [0, 0.1) is 11.8 Å². The fraction of sp³-hybridized carbons (Fsp3) is 0.600. The summed E-state index contributed by atoms with van der Waals surface area (Å²) in [5.74, 6) is 1.39. The predicted octanol–water partition coefficient (Wildman–Crippen LogP) is 2.79. The molecule has 3 N–H and O–H groups in total. The average Bonchev–Trinajstić information content (AvgIpc) is 2.62.